The molecule has 0 bridgehead atoms. The zero-order chi connectivity index (χ0) is 55.9. The van der Waals surface area contributed by atoms with Gasteiger partial charge in [0.2, 0.25) is 0 Å². The van der Waals surface area contributed by atoms with E-state index in [-0.39, 0.29) is 109 Å². The maximum atomic E-state index is 12.4. The molecule has 4 rings (SSSR count). The topological polar surface area (TPSA) is 297 Å². The van der Waals surface area contributed by atoms with Crippen molar-refractivity contribution in [3.05, 3.63) is 60.2 Å². The van der Waals surface area contributed by atoms with Gasteiger partial charge in [0, 0.05) is 74.3 Å². The smallest absolute Gasteiger partial charge is 0.480 e. The minimum atomic E-state index is -1.18. The number of Topliss-reactive ketones (excluding diaryl/α,β-unsaturated/α-hetero) is 2. The number of nitrogens with zero attached hydrogens (tertiary/aromatic N) is 6. The van der Waals surface area contributed by atoms with Gasteiger partial charge in [-0.05, 0) is 62.8 Å². The Kier molecular flexibility index (Phi) is 39.2. The van der Waals surface area contributed by atoms with Crippen LogP contribution in [0.25, 0.3) is 0 Å². The number of ketones is 2. The van der Waals surface area contributed by atoms with Crippen molar-refractivity contribution in [3.8, 4) is 0 Å². The van der Waals surface area contributed by atoms with Gasteiger partial charge >= 0.3 is 70.0 Å². The van der Waals surface area contributed by atoms with Crippen LogP contribution < -0.4 is 0 Å². The van der Waals surface area contributed by atoms with E-state index in [0.29, 0.717) is 37.1 Å². The first-order chi connectivity index (χ1) is 35.0. The Morgan fingerprint density at radius 1 is 0.487 bits per heavy atom. The summed E-state index contributed by atoms with van der Waals surface area (Å²) < 4.78 is 0. The summed E-state index contributed by atoms with van der Waals surface area (Å²) in [5, 5.41) is 58.1. The molecule has 4 unspecified atom stereocenters. The number of carboxylic acids is 6. The van der Waals surface area contributed by atoms with Crippen molar-refractivity contribution in [1.82, 2.24) is 29.6 Å². The molecule has 426 valence electrons. The Bertz CT molecular complexity index is 2000. The Morgan fingerprint density at radius 2 is 0.816 bits per heavy atom. The Hall–Kier alpha value is -4.66. The third-order valence-corrected chi connectivity index (χ3v) is 12.7. The van der Waals surface area contributed by atoms with Gasteiger partial charge in [-0.3, -0.25) is 67.9 Å². The van der Waals surface area contributed by atoms with Gasteiger partial charge in [0.15, 0.2) is 0 Å². The van der Waals surface area contributed by atoms with Crippen LogP contribution in [0, 0.1) is 11.8 Å². The molecule has 0 spiro atoms. The summed E-state index contributed by atoms with van der Waals surface area (Å²) in [5.74, 6) is -7.28. The molecule has 2 heterocycles. The molecule has 6 N–H and O–H groups in total. The summed E-state index contributed by atoms with van der Waals surface area (Å²) in [7, 11) is 0. The monoisotopic (exact) mass is 1150 g/mol. The van der Waals surface area contributed by atoms with Crippen molar-refractivity contribution in [3.63, 3.8) is 0 Å². The number of carbonyl (C=O) groups excluding carboxylic acids is 2. The van der Waals surface area contributed by atoms with Gasteiger partial charge in [-0.15, -0.1) is 0 Å². The fourth-order valence-electron chi connectivity index (χ4n) is 9.36. The Morgan fingerprint density at radius 3 is 1.16 bits per heavy atom. The second-order valence-corrected chi connectivity index (χ2v) is 19.7. The van der Waals surface area contributed by atoms with E-state index in [4.69, 9.17) is 0 Å². The van der Waals surface area contributed by atoms with E-state index in [2.05, 4.69) is 37.7 Å². The van der Waals surface area contributed by atoms with E-state index >= 15 is 0 Å². The van der Waals surface area contributed by atoms with Gasteiger partial charge in [-0.25, -0.2) is 0 Å². The van der Waals surface area contributed by atoms with Crippen molar-refractivity contribution in [1.29, 1.82) is 0 Å². The average molecular weight is 1150 g/mol. The van der Waals surface area contributed by atoms with Crippen molar-refractivity contribution in [2.75, 3.05) is 26.2 Å². The van der Waals surface area contributed by atoms with E-state index in [1.165, 1.54) is 22.6 Å². The molecule has 2 fully saturated rings. The second-order valence-electron chi connectivity index (χ2n) is 19.7. The van der Waals surface area contributed by atoms with Crippen LogP contribution in [0.3, 0.4) is 0 Å². The average Bonchev–Trinajstić information content (AvgIpc) is 3.33. The van der Waals surface area contributed by atoms with Crippen LogP contribution in [0.4, 0.5) is 0 Å². The molecule has 2 aromatic heterocycles. The number of carbonyl (C=O) groups is 8. The minimum absolute atomic E-state index is 0. The van der Waals surface area contributed by atoms with E-state index in [1.54, 1.807) is 80.2 Å². The van der Waals surface area contributed by atoms with Crippen LogP contribution in [0.1, 0.15) is 157 Å². The first-order valence-corrected chi connectivity index (χ1v) is 26.2. The van der Waals surface area contributed by atoms with E-state index < -0.39 is 85.7 Å². The van der Waals surface area contributed by atoms with Crippen molar-refractivity contribution in [2.24, 2.45) is 11.8 Å². The van der Waals surface area contributed by atoms with E-state index in [0.717, 1.165) is 25.7 Å². The first-order valence-electron chi connectivity index (χ1n) is 26.2. The van der Waals surface area contributed by atoms with Gasteiger partial charge < -0.3 is 30.6 Å². The fraction of sp³-hybridized carbons (Fsp3) is 0.667. The number of aliphatic carboxylic acids is 6. The van der Waals surface area contributed by atoms with Gasteiger partial charge in [-0.1, -0.05) is 106 Å². The summed E-state index contributed by atoms with van der Waals surface area (Å²) >= 11 is 0. The molecule has 0 saturated heterocycles. The number of hydrogen-bond acceptors (Lipinski definition) is 14. The summed E-state index contributed by atoms with van der Waals surface area (Å²) in [6, 6.07) is 6.86. The predicted molar refractivity (Wildman–Crippen MR) is 278 cm³/mol. The zero-order valence-electron chi connectivity index (χ0n) is 45.8. The summed E-state index contributed by atoms with van der Waals surface area (Å²) in [6.07, 6.45) is 11.5. The van der Waals surface area contributed by atoms with Crippen LogP contribution in [0.15, 0.2) is 48.8 Å². The molecule has 2 aliphatic rings. The van der Waals surface area contributed by atoms with E-state index in [1.807, 2.05) is 6.07 Å². The van der Waals surface area contributed by atoms with Crippen molar-refractivity contribution >= 4 is 47.4 Å². The number of aromatic nitrogens is 2. The van der Waals surface area contributed by atoms with Crippen molar-refractivity contribution in [2.45, 2.75) is 195 Å². The van der Waals surface area contributed by atoms with Crippen LogP contribution in [0.2, 0.25) is 0 Å². The number of pyridine rings is 2. The van der Waals surface area contributed by atoms with Crippen LogP contribution in [0.5, 0.6) is 0 Å². The van der Waals surface area contributed by atoms with Gasteiger partial charge in [0.25, 0.3) is 0 Å². The molecule has 20 nitrogen and oxygen atoms in total. The fourth-order valence-corrected chi connectivity index (χ4v) is 9.36. The molecule has 0 aromatic carbocycles. The molecule has 2 aromatic rings. The molecule has 0 amide bonds. The maximum absolute atomic E-state index is 12.4. The van der Waals surface area contributed by atoms with Gasteiger partial charge in [-0.2, -0.15) is 0 Å². The summed E-state index contributed by atoms with van der Waals surface area (Å²) in [4.78, 5) is 111. The molecular weight excluding hydrogens is 1070 g/mol. The first kappa shape index (κ1) is 73.4. The molecule has 6 atom stereocenters. The maximum Gasteiger partial charge on any atom is 2.00 e. The molecule has 2 radical (unpaired) electrons. The third-order valence-electron chi connectivity index (χ3n) is 12.7. The third kappa shape index (κ3) is 28.1. The normalized spacial score (nSPS) is 17.8. The molecule has 76 heavy (non-hydrogen) atoms. The molecule has 2 saturated carbocycles. The Balaban J connectivity index is 0. The van der Waals surface area contributed by atoms with Crippen LogP contribution >= 0.6 is 0 Å². The minimum Gasteiger partial charge on any atom is -0.480 e. The molecule has 2 aliphatic carbocycles. The number of carboxylic acid groups (broad SMARTS) is 6. The molecular formula is C54H86Mn2N6O14+4. The standard InChI is InChI=1S/2C24H35N3O7.2C3H8.2Mn/c1-16(2)21(28)11-10-20(24(33)34)27(13-17-7-5-6-12-25-17)19-9-4-3-8-18(19)26(14-22(29)30)15-23(31)32;1-16(2)21(28)11-10-20(24(33)34)27(15-23(31)32)19-9-4-3-8-18(19)26(14-22(29)30)13-17-7-5-6-12-25-17;2*1-3-2;;/h2*5-7,12,16,18-20H,3-4,8-11,13-15H2,1-2H3,(H,29,30)(H,31,32)(H,33,34);2*3H2,1-2H3;;/q;;;;2*+2/t18?,19-,20?;18-,19?,20?;;;;/m00..../s1. The largest absolute Gasteiger partial charge is 2.00 e. The van der Waals surface area contributed by atoms with Crippen LogP contribution in [-0.4, -0.2) is 170 Å². The number of hydrogen-bond donors (Lipinski definition) is 6. The van der Waals surface area contributed by atoms with Crippen molar-refractivity contribution < 1.29 is 103 Å². The zero-order valence-corrected chi connectivity index (χ0v) is 48.1. The van der Waals surface area contributed by atoms with Gasteiger partial charge in [0.1, 0.15) is 23.7 Å². The molecule has 0 aliphatic heterocycles. The number of rotatable bonds is 28. The predicted octanol–water partition coefficient (Wildman–Crippen LogP) is 7.08. The summed E-state index contributed by atoms with van der Waals surface area (Å²) in [5.41, 5.74) is 1.33. The van der Waals surface area contributed by atoms with Gasteiger partial charge in [0.05, 0.1) is 37.6 Å². The second kappa shape index (κ2) is 40.5. The van der Waals surface area contributed by atoms with Crippen LogP contribution in [-0.2, 0) is 85.6 Å². The quantitative estimate of drug-likeness (QED) is 0.0464. The summed E-state index contributed by atoms with van der Waals surface area (Å²) in [6.45, 7) is 14.3. The molecule has 22 heteroatoms. The van der Waals surface area contributed by atoms with E-state index in [9.17, 15) is 69.0 Å². The Labute approximate surface area is 470 Å². The SMILES string of the molecule is CC(C)C(=O)CCC(C(=O)O)N(CC(=O)O)C1CCCC[C@@H]1N(CC(=O)O)Cc1ccccn1.CC(C)C(=O)CCC(C(=O)O)N(Cc1ccccn1)[C@H]1CCCCC1N(CC(=O)O)CC(=O)O.CCC.CCC.[Mn+2].[Mn+2].